The van der Waals surface area contributed by atoms with Crippen molar-refractivity contribution in [1.82, 2.24) is 5.32 Å². The highest BCUT2D eigenvalue weighted by atomic mass is 16.2. The molecule has 1 N–H and O–H groups in total. The monoisotopic (exact) mass is 280 g/mol. The fraction of sp³-hybridized carbons (Fsp3) is 0.167. The van der Waals surface area contributed by atoms with Gasteiger partial charge in [0, 0.05) is 12.2 Å². The number of nitrogens with zero attached hydrogens (tertiary/aromatic N) is 1. The van der Waals surface area contributed by atoms with Gasteiger partial charge in [-0.05, 0) is 17.7 Å². The van der Waals surface area contributed by atoms with Crippen molar-refractivity contribution in [2.24, 2.45) is 0 Å². The SMILES string of the molecule is C=CCNCC(=O)N(Cc1ccccc1)c1ccccc1. The van der Waals surface area contributed by atoms with Gasteiger partial charge in [-0.15, -0.1) is 6.58 Å². The number of amides is 1. The lowest BCUT2D eigenvalue weighted by atomic mass is 10.2. The van der Waals surface area contributed by atoms with Crippen LogP contribution in [0.15, 0.2) is 73.3 Å². The van der Waals surface area contributed by atoms with Crippen LogP contribution in [-0.2, 0) is 11.3 Å². The summed E-state index contributed by atoms with van der Waals surface area (Å²) < 4.78 is 0. The molecule has 0 fully saturated rings. The maximum atomic E-state index is 12.5. The van der Waals surface area contributed by atoms with E-state index in [1.54, 1.807) is 11.0 Å². The number of benzene rings is 2. The van der Waals surface area contributed by atoms with E-state index in [4.69, 9.17) is 0 Å². The minimum Gasteiger partial charge on any atom is -0.307 e. The summed E-state index contributed by atoms with van der Waals surface area (Å²) in [7, 11) is 0. The lowest BCUT2D eigenvalue weighted by Gasteiger charge is -2.23. The quantitative estimate of drug-likeness (QED) is 0.624. The van der Waals surface area contributed by atoms with Crippen molar-refractivity contribution < 1.29 is 4.79 Å². The van der Waals surface area contributed by atoms with E-state index in [0.717, 1.165) is 11.3 Å². The molecule has 0 radical (unpaired) electrons. The van der Waals surface area contributed by atoms with Gasteiger partial charge in [-0.25, -0.2) is 0 Å². The second kappa shape index (κ2) is 8.02. The van der Waals surface area contributed by atoms with E-state index < -0.39 is 0 Å². The third-order valence-corrected chi connectivity index (χ3v) is 3.12. The Balaban J connectivity index is 2.14. The Labute approximate surface area is 125 Å². The number of para-hydroxylation sites is 1. The molecule has 0 unspecified atom stereocenters. The first kappa shape index (κ1) is 15.0. The molecule has 2 aromatic rings. The molecule has 0 atom stereocenters. The second-order valence-corrected chi connectivity index (χ2v) is 4.72. The largest absolute Gasteiger partial charge is 0.307 e. The molecule has 0 aliphatic heterocycles. The van der Waals surface area contributed by atoms with Crippen molar-refractivity contribution in [1.29, 1.82) is 0 Å². The molecular formula is C18H20N2O. The smallest absolute Gasteiger partial charge is 0.241 e. The van der Waals surface area contributed by atoms with Gasteiger partial charge >= 0.3 is 0 Å². The van der Waals surface area contributed by atoms with Crippen molar-refractivity contribution in [2.45, 2.75) is 6.54 Å². The summed E-state index contributed by atoms with van der Waals surface area (Å²) in [4.78, 5) is 14.2. The molecule has 0 aromatic heterocycles. The molecule has 3 nitrogen and oxygen atoms in total. The highest BCUT2D eigenvalue weighted by molar-refractivity contribution is 5.94. The molecule has 21 heavy (non-hydrogen) atoms. The van der Waals surface area contributed by atoms with Gasteiger partial charge in [0.2, 0.25) is 5.91 Å². The lowest BCUT2D eigenvalue weighted by Crippen LogP contribution is -2.38. The highest BCUT2D eigenvalue weighted by Gasteiger charge is 2.15. The van der Waals surface area contributed by atoms with E-state index in [1.165, 1.54) is 0 Å². The number of anilines is 1. The van der Waals surface area contributed by atoms with Crippen molar-refractivity contribution >= 4 is 11.6 Å². The molecule has 0 saturated heterocycles. The van der Waals surface area contributed by atoms with Gasteiger partial charge in [0.15, 0.2) is 0 Å². The first-order valence-corrected chi connectivity index (χ1v) is 7.02. The van der Waals surface area contributed by atoms with E-state index in [-0.39, 0.29) is 5.91 Å². The zero-order valence-corrected chi connectivity index (χ0v) is 12.0. The predicted molar refractivity (Wildman–Crippen MR) is 87.1 cm³/mol. The predicted octanol–water partition coefficient (Wildman–Crippen LogP) is 3.00. The van der Waals surface area contributed by atoms with Crippen molar-refractivity contribution in [3.63, 3.8) is 0 Å². The first-order chi connectivity index (χ1) is 10.3. The Bertz CT molecular complexity index is 566. The van der Waals surface area contributed by atoms with Crippen molar-refractivity contribution in [3.05, 3.63) is 78.9 Å². The number of carbonyl (C=O) groups is 1. The van der Waals surface area contributed by atoms with Crippen LogP contribution in [0.5, 0.6) is 0 Å². The van der Waals surface area contributed by atoms with Gasteiger partial charge in [-0.3, -0.25) is 4.79 Å². The van der Waals surface area contributed by atoms with Crippen LogP contribution in [0.25, 0.3) is 0 Å². The minimum absolute atomic E-state index is 0.0481. The number of carbonyl (C=O) groups excluding carboxylic acids is 1. The Hall–Kier alpha value is -2.39. The first-order valence-electron chi connectivity index (χ1n) is 7.02. The molecule has 0 saturated carbocycles. The van der Waals surface area contributed by atoms with Crippen LogP contribution in [0, 0.1) is 0 Å². The molecule has 0 aliphatic rings. The van der Waals surface area contributed by atoms with Crippen LogP contribution in [0.3, 0.4) is 0 Å². The standard InChI is InChI=1S/C18H20N2O/c1-2-13-19-14-18(21)20(17-11-7-4-8-12-17)15-16-9-5-3-6-10-16/h2-12,19H,1,13-15H2. The van der Waals surface area contributed by atoms with Gasteiger partial charge in [-0.1, -0.05) is 54.6 Å². The second-order valence-electron chi connectivity index (χ2n) is 4.72. The molecule has 0 spiro atoms. The van der Waals surface area contributed by atoms with Crippen molar-refractivity contribution in [2.75, 3.05) is 18.0 Å². The van der Waals surface area contributed by atoms with Gasteiger partial charge in [-0.2, -0.15) is 0 Å². The van der Waals surface area contributed by atoms with E-state index in [1.807, 2.05) is 60.7 Å². The summed E-state index contributed by atoms with van der Waals surface area (Å²) >= 11 is 0. The molecular weight excluding hydrogens is 260 g/mol. The van der Waals surface area contributed by atoms with Crippen LogP contribution in [0.4, 0.5) is 5.69 Å². The molecule has 108 valence electrons. The average molecular weight is 280 g/mol. The van der Waals surface area contributed by atoms with Crippen LogP contribution in [-0.4, -0.2) is 19.0 Å². The zero-order valence-electron chi connectivity index (χ0n) is 12.0. The summed E-state index contributed by atoms with van der Waals surface area (Å²) in [6.45, 7) is 5.13. The van der Waals surface area contributed by atoms with E-state index >= 15 is 0 Å². The van der Waals surface area contributed by atoms with Crippen LogP contribution < -0.4 is 10.2 Å². The Morgan fingerprint density at radius 3 is 2.29 bits per heavy atom. The summed E-state index contributed by atoms with van der Waals surface area (Å²) in [5.41, 5.74) is 2.02. The van der Waals surface area contributed by atoms with Crippen LogP contribution in [0.1, 0.15) is 5.56 Å². The minimum atomic E-state index is 0.0481. The average Bonchev–Trinajstić information content (AvgIpc) is 2.54. The summed E-state index contributed by atoms with van der Waals surface area (Å²) in [5.74, 6) is 0.0481. The number of nitrogens with one attached hydrogen (secondary N) is 1. The summed E-state index contributed by atoms with van der Waals surface area (Å²) in [6, 6.07) is 19.7. The fourth-order valence-electron chi connectivity index (χ4n) is 2.07. The Morgan fingerprint density at radius 1 is 1.05 bits per heavy atom. The lowest BCUT2D eigenvalue weighted by molar-refractivity contribution is -0.117. The molecule has 3 heteroatoms. The zero-order chi connectivity index (χ0) is 14.9. The maximum Gasteiger partial charge on any atom is 0.241 e. The van der Waals surface area contributed by atoms with Gasteiger partial charge < -0.3 is 10.2 Å². The normalized spacial score (nSPS) is 10.1. The Kier molecular flexibility index (Phi) is 5.73. The third kappa shape index (κ3) is 4.58. The number of rotatable bonds is 7. The summed E-state index contributed by atoms with van der Waals surface area (Å²) in [6.07, 6.45) is 1.75. The van der Waals surface area contributed by atoms with Crippen molar-refractivity contribution in [3.8, 4) is 0 Å². The molecule has 2 rings (SSSR count). The number of hydrogen-bond acceptors (Lipinski definition) is 2. The fourth-order valence-corrected chi connectivity index (χ4v) is 2.07. The van der Waals surface area contributed by atoms with Crippen LogP contribution >= 0.6 is 0 Å². The topological polar surface area (TPSA) is 32.3 Å². The Morgan fingerprint density at radius 2 is 1.67 bits per heavy atom. The number of hydrogen-bond donors (Lipinski definition) is 1. The maximum absolute atomic E-state index is 12.5. The summed E-state index contributed by atoms with van der Waals surface area (Å²) in [5, 5.41) is 3.06. The van der Waals surface area contributed by atoms with Crippen LogP contribution in [0.2, 0.25) is 0 Å². The third-order valence-electron chi connectivity index (χ3n) is 3.12. The van der Waals surface area contributed by atoms with Gasteiger partial charge in [0.05, 0.1) is 13.1 Å². The van der Waals surface area contributed by atoms with Gasteiger partial charge in [0.1, 0.15) is 0 Å². The highest BCUT2D eigenvalue weighted by Crippen LogP contribution is 2.16. The van der Waals surface area contributed by atoms with E-state index in [9.17, 15) is 4.79 Å². The molecule has 2 aromatic carbocycles. The van der Waals surface area contributed by atoms with Gasteiger partial charge in [0.25, 0.3) is 0 Å². The van der Waals surface area contributed by atoms with E-state index in [2.05, 4.69) is 11.9 Å². The molecule has 0 aliphatic carbocycles. The molecule has 0 heterocycles. The van der Waals surface area contributed by atoms with E-state index in [0.29, 0.717) is 19.6 Å². The molecule has 0 bridgehead atoms. The molecule has 1 amide bonds.